The van der Waals surface area contributed by atoms with Gasteiger partial charge in [0.15, 0.2) is 11.4 Å². The Kier molecular flexibility index (Phi) is 2.56. The highest BCUT2D eigenvalue weighted by Crippen LogP contribution is 2.39. The van der Waals surface area contributed by atoms with E-state index in [4.69, 9.17) is 16.0 Å². The Morgan fingerprint density at radius 2 is 1.90 bits per heavy atom. The molecule has 0 bridgehead atoms. The zero-order valence-corrected chi connectivity index (χ0v) is 11.6. The molecule has 0 fully saturated rings. The molecule has 3 aromatic rings. The molecule has 21 heavy (non-hydrogen) atoms. The van der Waals surface area contributed by atoms with Crippen LogP contribution in [0, 0.1) is 0 Å². The van der Waals surface area contributed by atoms with E-state index in [-0.39, 0.29) is 11.7 Å². The maximum absolute atomic E-state index is 12.2. The van der Waals surface area contributed by atoms with Crippen LogP contribution in [0.5, 0.6) is 0 Å². The summed E-state index contributed by atoms with van der Waals surface area (Å²) < 4.78 is 5.02. The van der Waals surface area contributed by atoms with Gasteiger partial charge in [0.05, 0.1) is 5.52 Å². The van der Waals surface area contributed by atoms with Crippen molar-refractivity contribution < 1.29 is 9.21 Å². The predicted octanol–water partition coefficient (Wildman–Crippen LogP) is 3.49. The first-order valence-electron chi connectivity index (χ1n) is 6.57. The van der Waals surface area contributed by atoms with Crippen LogP contribution in [0.3, 0.4) is 0 Å². The fourth-order valence-electron chi connectivity index (χ4n) is 2.94. The normalized spacial score (nSPS) is 17.4. The molecule has 4 nitrogen and oxygen atoms in total. The molecule has 1 aliphatic rings. The number of aromatic nitrogens is 1. The first-order valence-corrected chi connectivity index (χ1v) is 6.95. The summed E-state index contributed by atoms with van der Waals surface area (Å²) in [7, 11) is 0. The third kappa shape index (κ3) is 1.91. The third-order valence-corrected chi connectivity index (χ3v) is 4.18. The minimum absolute atomic E-state index is 0.00688. The minimum Gasteiger partial charge on any atom is -0.408 e. The Bertz CT molecular complexity index is 921. The van der Waals surface area contributed by atoms with Gasteiger partial charge >= 0.3 is 5.76 Å². The molecular formula is C16H10ClNO3. The highest BCUT2D eigenvalue weighted by atomic mass is 35.5. The summed E-state index contributed by atoms with van der Waals surface area (Å²) in [6.45, 7) is 0. The lowest BCUT2D eigenvalue weighted by molar-refractivity contribution is 0.0991. The predicted molar refractivity (Wildman–Crippen MR) is 79.1 cm³/mol. The summed E-state index contributed by atoms with van der Waals surface area (Å²) in [5.41, 5.74) is 3.63. The van der Waals surface area contributed by atoms with Crippen molar-refractivity contribution >= 4 is 28.5 Å². The average Bonchev–Trinajstić information content (AvgIpc) is 2.97. The van der Waals surface area contributed by atoms with E-state index in [1.54, 1.807) is 6.07 Å². The highest BCUT2D eigenvalue weighted by Gasteiger charge is 2.31. The summed E-state index contributed by atoms with van der Waals surface area (Å²) in [5.74, 6) is -0.451. The van der Waals surface area contributed by atoms with Crippen molar-refractivity contribution in [2.45, 2.75) is 12.3 Å². The van der Waals surface area contributed by atoms with Crippen LogP contribution < -0.4 is 5.76 Å². The molecule has 2 aromatic carbocycles. The van der Waals surface area contributed by atoms with Crippen molar-refractivity contribution in [1.29, 1.82) is 0 Å². The van der Waals surface area contributed by atoms with E-state index in [2.05, 4.69) is 4.98 Å². The van der Waals surface area contributed by atoms with Crippen molar-refractivity contribution in [2.24, 2.45) is 0 Å². The van der Waals surface area contributed by atoms with Gasteiger partial charge in [0.2, 0.25) is 0 Å². The summed E-state index contributed by atoms with van der Waals surface area (Å²) in [4.78, 5) is 26.1. The molecule has 0 aliphatic heterocycles. The molecule has 104 valence electrons. The number of ketones is 1. The Morgan fingerprint density at radius 1 is 1.14 bits per heavy atom. The van der Waals surface area contributed by atoms with Crippen molar-refractivity contribution in [3.05, 3.63) is 68.7 Å². The molecule has 1 unspecified atom stereocenters. The summed E-state index contributed by atoms with van der Waals surface area (Å²) >= 11 is 5.91. The van der Waals surface area contributed by atoms with Crippen LogP contribution in [-0.4, -0.2) is 10.8 Å². The molecular weight excluding hydrogens is 290 g/mol. The lowest BCUT2D eigenvalue weighted by atomic mass is 9.93. The molecule has 1 aliphatic carbocycles. The number of benzene rings is 2. The summed E-state index contributed by atoms with van der Waals surface area (Å²) in [6, 6.07) is 11.0. The maximum atomic E-state index is 12.2. The number of hydrogen-bond donors (Lipinski definition) is 1. The van der Waals surface area contributed by atoms with E-state index in [9.17, 15) is 9.59 Å². The molecule has 0 radical (unpaired) electrons. The molecule has 0 spiro atoms. The zero-order chi connectivity index (χ0) is 14.6. The summed E-state index contributed by atoms with van der Waals surface area (Å²) in [6.07, 6.45) is 0.424. The van der Waals surface area contributed by atoms with Crippen LogP contribution in [0.2, 0.25) is 5.02 Å². The standard InChI is InChI=1S/C16H10ClNO3/c17-9-3-1-8(2-4-9)10-6-14(19)12-7-15-13(5-11(10)12)18-16(20)21-15/h1-5,7,10H,6H2,(H,18,20). The topological polar surface area (TPSA) is 63.1 Å². The monoisotopic (exact) mass is 299 g/mol. The molecule has 5 heteroatoms. The van der Waals surface area contributed by atoms with Gasteiger partial charge in [0.25, 0.3) is 0 Å². The van der Waals surface area contributed by atoms with Crippen LogP contribution in [0.25, 0.3) is 11.1 Å². The highest BCUT2D eigenvalue weighted by molar-refractivity contribution is 6.30. The van der Waals surface area contributed by atoms with Crippen LogP contribution >= 0.6 is 11.6 Å². The second kappa shape index (κ2) is 4.33. The molecule has 1 N–H and O–H groups in total. The van der Waals surface area contributed by atoms with Crippen molar-refractivity contribution in [1.82, 2.24) is 4.98 Å². The Hall–Kier alpha value is -2.33. The van der Waals surface area contributed by atoms with Gasteiger partial charge in [-0.25, -0.2) is 4.79 Å². The maximum Gasteiger partial charge on any atom is 0.417 e. The van der Waals surface area contributed by atoms with Crippen molar-refractivity contribution in [3.8, 4) is 0 Å². The van der Waals surface area contributed by atoms with Gasteiger partial charge in [0.1, 0.15) is 0 Å². The molecule has 1 aromatic heterocycles. The molecule has 4 rings (SSSR count). The summed E-state index contributed by atoms with van der Waals surface area (Å²) in [5, 5.41) is 0.665. The number of fused-ring (bicyclic) bond motifs is 2. The Labute approximate surface area is 124 Å². The van der Waals surface area contributed by atoms with Crippen LogP contribution in [0.15, 0.2) is 45.6 Å². The number of aromatic amines is 1. The van der Waals surface area contributed by atoms with E-state index >= 15 is 0 Å². The third-order valence-electron chi connectivity index (χ3n) is 3.93. The fourth-order valence-corrected chi connectivity index (χ4v) is 3.07. The smallest absolute Gasteiger partial charge is 0.408 e. The second-order valence-corrected chi connectivity index (χ2v) is 5.62. The molecule has 0 amide bonds. The number of oxazole rings is 1. The van der Waals surface area contributed by atoms with Crippen LogP contribution in [0.1, 0.15) is 33.8 Å². The van der Waals surface area contributed by atoms with Gasteiger partial charge in [-0.05, 0) is 35.4 Å². The van der Waals surface area contributed by atoms with Gasteiger partial charge in [-0.2, -0.15) is 0 Å². The SMILES string of the molecule is O=C1CC(c2ccc(Cl)cc2)c2cc3[nH]c(=O)oc3cc21. The van der Waals surface area contributed by atoms with E-state index in [1.807, 2.05) is 30.3 Å². The number of H-pyrrole nitrogens is 1. The number of halogens is 1. The van der Waals surface area contributed by atoms with Crippen molar-refractivity contribution in [2.75, 3.05) is 0 Å². The van der Waals surface area contributed by atoms with Crippen LogP contribution in [0.4, 0.5) is 0 Å². The number of rotatable bonds is 1. The lowest BCUT2D eigenvalue weighted by Gasteiger charge is -2.11. The fraction of sp³-hybridized carbons (Fsp3) is 0.125. The number of carbonyl (C=O) groups is 1. The van der Waals surface area contributed by atoms with Gasteiger partial charge in [-0.3, -0.25) is 9.78 Å². The van der Waals surface area contributed by atoms with E-state index < -0.39 is 5.76 Å². The molecule has 0 saturated heterocycles. The Morgan fingerprint density at radius 3 is 2.67 bits per heavy atom. The molecule has 0 saturated carbocycles. The minimum atomic E-state index is -0.510. The Balaban J connectivity index is 1.91. The number of nitrogens with one attached hydrogen (secondary N) is 1. The lowest BCUT2D eigenvalue weighted by Crippen LogP contribution is -1.97. The van der Waals surface area contributed by atoms with Crippen molar-refractivity contribution in [3.63, 3.8) is 0 Å². The molecule has 1 atom stereocenters. The van der Waals surface area contributed by atoms with E-state index in [0.717, 1.165) is 11.1 Å². The van der Waals surface area contributed by atoms with Gasteiger partial charge < -0.3 is 4.42 Å². The van der Waals surface area contributed by atoms with Crippen LogP contribution in [-0.2, 0) is 0 Å². The average molecular weight is 300 g/mol. The number of Topliss-reactive ketones (excluding diaryl/α,β-unsaturated/α-hetero) is 1. The van der Waals surface area contributed by atoms with Gasteiger partial charge in [-0.1, -0.05) is 23.7 Å². The largest absolute Gasteiger partial charge is 0.417 e. The zero-order valence-electron chi connectivity index (χ0n) is 10.9. The van der Waals surface area contributed by atoms with Gasteiger partial charge in [0, 0.05) is 22.9 Å². The number of hydrogen-bond acceptors (Lipinski definition) is 3. The quantitative estimate of drug-likeness (QED) is 0.748. The second-order valence-electron chi connectivity index (χ2n) is 5.18. The molecule has 1 heterocycles. The van der Waals surface area contributed by atoms with E-state index in [0.29, 0.717) is 28.1 Å². The number of carbonyl (C=O) groups excluding carboxylic acids is 1. The first kappa shape index (κ1) is 12.4. The van der Waals surface area contributed by atoms with Gasteiger partial charge in [-0.15, -0.1) is 0 Å². The van der Waals surface area contributed by atoms with E-state index in [1.165, 1.54) is 0 Å². The first-order chi connectivity index (χ1) is 10.1.